The summed E-state index contributed by atoms with van der Waals surface area (Å²) in [5.41, 5.74) is 11.7. The quantitative estimate of drug-likeness (QED) is 0.568. The van der Waals surface area contributed by atoms with E-state index in [1.807, 2.05) is 52.1 Å². The summed E-state index contributed by atoms with van der Waals surface area (Å²) in [5, 5.41) is 3.27. The molecule has 0 bridgehead atoms. The van der Waals surface area contributed by atoms with Gasteiger partial charge in [-0.15, -0.1) is 0 Å². The molecular formula is C23H27N5O2. The lowest BCUT2D eigenvalue weighted by molar-refractivity contribution is 0.0959. The van der Waals surface area contributed by atoms with Crippen molar-refractivity contribution in [1.82, 2.24) is 14.9 Å². The number of carbonyl (C=O) groups excluding carboxylic acids is 1. The zero-order valence-electron chi connectivity index (χ0n) is 18.0. The van der Waals surface area contributed by atoms with Gasteiger partial charge in [-0.3, -0.25) is 14.6 Å². The Morgan fingerprint density at radius 1 is 1.20 bits per heavy atom. The molecule has 2 heterocycles. The van der Waals surface area contributed by atoms with E-state index in [-0.39, 0.29) is 18.0 Å². The Balaban J connectivity index is 1.88. The lowest BCUT2D eigenvalue weighted by Crippen LogP contribution is -2.29. The summed E-state index contributed by atoms with van der Waals surface area (Å²) in [6, 6.07) is 7.82. The van der Waals surface area contributed by atoms with Gasteiger partial charge in [0.25, 0.3) is 11.5 Å². The number of nitrogens with zero attached hydrogens (tertiary/aromatic N) is 2. The zero-order chi connectivity index (χ0) is 22.0. The number of para-hydroxylation sites is 1. The number of rotatable bonds is 5. The van der Waals surface area contributed by atoms with E-state index in [0.717, 1.165) is 33.6 Å². The van der Waals surface area contributed by atoms with Crippen LogP contribution in [-0.2, 0) is 7.05 Å². The second-order valence-electron chi connectivity index (χ2n) is 7.51. The molecule has 1 amide bonds. The fourth-order valence-corrected chi connectivity index (χ4v) is 3.57. The summed E-state index contributed by atoms with van der Waals surface area (Å²) >= 11 is 0. The van der Waals surface area contributed by atoms with E-state index in [9.17, 15) is 9.59 Å². The average molecular weight is 406 g/mol. The summed E-state index contributed by atoms with van der Waals surface area (Å²) in [4.78, 5) is 32.6. The molecule has 4 N–H and O–H groups in total. The fraction of sp³-hybridized carbons (Fsp3) is 0.261. The van der Waals surface area contributed by atoms with Crippen molar-refractivity contribution in [3.8, 4) is 0 Å². The Kier molecular flexibility index (Phi) is 5.91. The first-order chi connectivity index (χ1) is 14.2. The molecule has 0 spiro atoms. The smallest absolute Gasteiger partial charge is 0.258 e. The highest BCUT2D eigenvalue weighted by Gasteiger charge is 2.19. The Labute approximate surface area is 175 Å². The highest BCUT2D eigenvalue weighted by molar-refractivity contribution is 6.08. The van der Waals surface area contributed by atoms with Crippen LogP contribution in [0.15, 0.2) is 57.7 Å². The molecule has 3 rings (SSSR count). The Bertz CT molecular complexity index is 1240. The predicted molar refractivity (Wildman–Crippen MR) is 121 cm³/mol. The molecule has 0 saturated carbocycles. The molecular weight excluding hydrogens is 378 g/mol. The van der Waals surface area contributed by atoms with Crippen molar-refractivity contribution in [2.24, 2.45) is 17.8 Å². The number of nitrogens with one attached hydrogen (secondary N) is 2. The number of benzene rings is 1. The maximum atomic E-state index is 12.9. The van der Waals surface area contributed by atoms with Gasteiger partial charge in [0.05, 0.1) is 22.2 Å². The van der Waals surface area contributed by atoms with E-state index in [1.54, 1.807) is 23.9 Å². The van der Waals surface area contributed by atoms with Crippen LogP contribution in [0.2, 0.25) is 0 Å². The summed E-state index contributed by atoms with van der Waals surface area (Å²) < 4.78 is 1.80. The van der Waals surface area contributed by atoms with E-state index < -0.39 is 0 Å². The van der Waals surface area contributed by atoms with Crippen LogP contribution in [0.5, 0.6) is 0 Å². The minimum absolute atomic E-state index is 0.211. The minimum atomic E-state index is -0.334. The number of amides is 1. The Morgan fingerprint density at radius 3 is 2.57 bits per heavy atom. The Hall–Kier alpha value is -3.61. The summed E-state index contributed by atoms with van der Waals surface area (Å²) in [5.74, 6) is -0.334. The van der Waals surface area contributed by atoms with Crippen molar-refractivity contribution in [1.29, 1.82) is 0 Å². The van der Waals surface area contributed by atoms with Gasteiger partial charge in [0.15, 0.2) is 0 Å². The molecule has 0 aliphatic rings. The average Bonchev–Trinajstić information content (AvgIpc) is 3.05. The van der Waals surface area contributed by atoms with Gasteiger partial charge >= 0.3 is 0 Å². The summed E-state index contributed by atoms with van der Waals surface area (Å²) in [6.07, 6.45) is 3.32. The van der Waals surface area contributed by atoms with Gasteiger partial charge in [-0.25, -0.2) is 0 Å². The number of H-pyrrole nitrogens is 1. The van der Waals surface area contributed by atoms with Crippen LogP contribution >= 0.6 is 0 Å². The van der Waals surface area contributed by atoms with Gasteiger partial charge in [0, 0.05) is 43.0 Å². The lowest BCUT2D eigenvalue weighted by Gasteiger charge is -2.12. The van der Waals surface area contributed by atoms with E-state index in [0.29, 0.717) is 16.6 Å². The monoisotopic (exact) mass is 405 g/mol. The van der Waals surface area contributed by atoms with Crippen molar-refractivity contribution < 1.29 is 4.79 Å². The lowest BCUT2D eigenvalue weighted by atomic mass is 10.1. The van der Waals surface area contributed by atoms with Crippen LogP contribution in [0.3, 0.4) is 0 Å². The molecule has 0 unspecified atom stereocenters. The second kappa shape index (κ2) is 8.41. The van der Waals surface area contributed by atoms with Gasteiger partial charge < -0.3 is 20.6 Å². The van der Waals surface area contributed by atoms with Gasteiger partial charge in [-0.1, -0.05) is 18.2 Å². The number of nitrogens with two attached hydrogens (primary N) is 1. The molecule has 3 aromatic rings. The summed E-state index contributed by atoms with van der Waals surface area (Å²) in [6.45, 7) is 7.75. The predicted octanol–water partition coefficient (Wildman–Crippen LogP) is 3.24. The van der Waals surface area contributed by atoms with Gasteiger partial charge in [-0.05, 0) is 44.9 Å². The van der Waals surface area contributed by atoms with E-state index in [4.69, 9.17) is 5.73 Å². The molecule has 156 valence electrons. The summed E-state index contributed by atoms with van der Waals surface area (Å²) in [7, 11) is 1.82. The molecule has 2 aromatic heterocycles. The molecule has 0 saturated heterocycles. The number of fused-ring (bicyclic) bond motifs is 1. The molecule has 30 heavy (non-hydrogen) atoms. The van der Waals surface area contributed by atoms with Crippen LogP contribution in [0.1, 0.15) is 35.3 Å². The zero-order valence-corrected chi connectivity index (χ0v) is 18.0. The van der Waals surface area contributed by atoms with Gasteiger partial charge in [0.2, 0.25) is 0 Å². The standard InChI is InChI=1S/C23H27N5O2/c1-13-8-6-7-9-19(13)27-16(4)17(15(3)24)11-26-22(29)18-12-28(5)21-14(2)10-25-23(30)20(18)21/h6-10,12H,11,24H2,1-5H3,(H,25,30)(H,26,29). The third kappa shape index (κ3) is 4.05. The van der Waals surface area contributed by atoms with Crippen molar-refractivity contribution in [3.05, 3.63) is 75.0 Å². The number of aryl methyl sites for hydroxylation is 3. The second-order valence-corrected chi connectivity index (χ2v) is 7.51. The Morgan fingerprint density at radius 2 is 1.90 bits per heavy atom. The number of carbonyl (C=O) groups is 1. The van der Waals surface area contributed by atoms with Crippen LogP contribution in [0.25, 0.3) is 10.9 Å². The number of pyridine rings is 1. The maximum Gasteiger partial charge on any atom is 0.258 e. The van der Waals surface area contributed by atoms with Crippen LogP contribution < -0.4 is 16.6 Å². The van der Waals surface area contributed by atoms with Crippen LogP contribution in [0, 0.1) is 13.8 Å². The van der Waals surface area contributed by atoms with Crippen molar-refractivity contribution in [2.45, 2.75) is 27.7 Å². The number of aromatic amines is 1. The van der Waals surface area contributed by atoms with Gasteiger partial charge in [0.1, 0.15) is 0 Å². The molecule has 0 radical (unpaired) electrons. The molecule has 1 aromatic carbocycles. The fourth-order valence-electron chi connectivity index (χ4n) is 3.57. The van der Waals surface area contributed by atoms with Crippen molar-refractivity contribution in [3.63, 3.8) is 0 Å². The van der Waals surface area contributed by atoms with E-state index in [1.165, 1.54) is 0 Å². The molecule has 0 aliphatic carbocycles. The molecule has 7 heteroatoms. The largest absolute Gasteiger partial charge is 0.402 e. The van der Waals surface area contributed by atoms with Gasteiger partial charge in [-0.2, -0.15) is 0 Å². The topological polar surface area (TPSA) is 105 Å². The molecule has 7 nitrogen and oxygen atoms in total. The molecule has 0 aliphatic heterocycles. The number of aliphatic imine (C=N–C) groups is 1. The molecule has 0 atom stereocenters. The first-order valence-electron chi connectivity index (χ1n) is 9.72. The van der Waals surface area contributed by atoms with Crippen molar-refractivity contribution in [2.75, 3.05) is 6.54 Å². The number of hydrogen-bond donors (Lipinski definition) is 3. The number of aromatic nitrogens is 2. The number of hydrogen-bond acceptors (Lipinski definition) is 4. The normalized spacial score (nSPS) is 12.8. The SMILES string of the molecule is CC(=Nc1ccccc1C)C(CNC(=O)c1cn(C)c2c(C)c[nH]c(=O)c12)=C(C)N. The first-order valence-corrected chi connectivity index (χ1v) is 9.72. The minimum Gasteiger partial charge on any atom is -0.402 e. The third-order valence-electron chi connectivity index (χ3n) is 5.19. The molecule has 0 fully saturated rings. The van der Waals surface area contributed by atoms with E-state index in [2.05, 4.69) is 15.3 Å². The third-order valence-corrected chi connectivity index (χ3v) is 5.19. The van der Waals surface area contributed by atoms with E-state index >= 15 is 0 Å². The number of allylic oxidation sites excluding steroid dienone is 1. The maximum absolute atomic E-state index is 12.9. The highest BCUT2D eigenvalue weighted by Crippen LogP contribution is 2.21. The van der Waals surface area contributed by atoms with Crippen molar-refractivity contribution >= 4 is 28.2 Å². The van der Waals surface area contributed by atoms with Crippen LogP contribution in [-0.4, -0.2) is 27.7 Å². The first kappa shape index (κ1) is 21.1. The highest BCUT2D eigenvalue weighted by atomic mass is 16.2. The van der Waals surface area contributed by atoms with Crippen LogP contribution in [0.4, 0.5) is 5.69 Å².